The molecule has 2 heteroatoms. The highest BCUT2D eigenvalue weighted by molar-refractivity contribution is 5.82. The quantitative estimate of drug-likeness (QED) is 0.887. The van der Waals surface area contributed by atoms with Gasteiger partial charge in [0.05, 0.1) is 0 Å². The summed E-state index contributed by atoms with van der Waals surface area (Å²) >= 11 is 0. The molecule has 0 bridgehead atoms. The monoisotopic (exact) mass is 241 g/mol. The molecular weight excluding hydrogens is 222 g/mol. The van der Waals surface area contributed by atoms with Gasteiger partial charge in [0.25, 0.3) is 0 Å². The summed E-state index contributed by atoms with van der Waals surface area (Å²) < 4.78 is 0. The van der Waals surface area contributed by atoms with Crippen molar-refractivity contribution in [2.24, 2.45) is 0 Å². The molecule has 3 rings (SSSR count). The average molecular weight is 241 g/mol. The third-order valence-electron chi connectivity index (χ3n) is 3.93. The number of hydroxylamine groups is 2. The van der Waals surface area contributed by atoms with Crippen LogP contribution in [0.25, 0.3) is 10.8 Å². The first-order valence-corrected chi connectivity index (χ1v) is 6.76. The van der Waals surface area contributed by atoms with Crippen LogP contribution in [0.1, 0.15) is 24.8 Å². The lowest BCUT2D eigenvalue weighted by molar-refractivity contribution is -0.104. The molecule has 0 radical (unpaired) electrons. The fourth-order valence-corrected chi connectivity index (χ4v) is 2.84. The van der Waals surface area contributed by atoms with E-state index in [-0.39, 0.29) is 0 Å². The predicted molar refractivity (Wildman–Crippen MR) is 73.8 cm³/mol. The summed E-state index contributed by atoms with van der Waals surface area (Å²) in [6, 6.07) is 15.5. The first kappa shape index (κ1) is 11.7. The molecule has 1 fully saturated rings. The lowest BCUT2D eigenvalue weighted by Crippen LogP contribution is -2.25. The molecular formula is C16H19NO. The molecule has 94 valence electrons. The van der Waals surface area contributed by atoms with E-state index in [1.54, 1.807) is 0 Å². The minimum absolute atomic E-state index is 0.358. The molecule has 1 N–H and O–H groups in total. The van der Waals surface area contributed by atoms with Crippen molar-refractivity contribution in [3.63, 3.8) is 0 Å². The average Bonchev–Trinajstić information content (AvgIpc) is 2.82. The van der Waals surface area contributed by atoms with Crippen molar-refractivity contribution in [2.45, 2.75) is 31.7 Å². The summed E-state index contributed by atoms with van der Waals surface area (Å²) in [5.74, 6) is 0. The molecule has 1 saturated heterocycles. The van der Waals surface area contributed by atoms with Crippen molar-refractivity contribution in [1.82, 2.24) is 5.06 Å². The number of aryl methyl sites for hydroxylation is 1. The van der Waals surface area contributed by atoms with Crippen LogP contribution in [0.2, 0.25) is 0 Å². The van der Waals surface area contributed by atoms with Crippen molar-refractivity contribution in [2.75, 3.05) is 6.54 Å². The lowest BCUT2D eigenvalue weighted by Gasteiger charge is -2.17. The molecule has 2 aromatic carbocycles. The van der Waals surface area contributed by atoms with Crippen LogP contribution in [0, 0.1) is 0 Å². The second-order valence-electron chi connectivity index (χ2n) is 5.18. The standard InChI is InChI=1S/C16H19NO/c18-17-11-3-6-16(17)10-8-13-7-9-14-4-1-2-5-15(14)12-13/h1-2,4-5,7,9,12,16,18H,3,6,8,10-11H2. The molecule has 0 saturated carbocycles. The molecule has 1 atom stereocenters. The van der Waals surface area contributed by atoms with Crippen molar-refractivity contribution in [3.8, 4) is 0 Å². The van der Waals surface area contributed by atoms with Crippen LogP contribution in [0.5, 0.6) is 0 Å². The van der Waals surface area contributed by atoms with Gasteiger partial charge in [-0.05, 0) is 42.0 Å². The van der Waals surface area contributed by atoms with E-state index in [0.717, 1.165) is 32.2 Å². The molecule has 18 heavy (non-hydrogen) atoms. The van der Waals surface area contributed by atoms with Gasteiger partial charge in [-0.1, -0.05) is 42.5 Å². The Morgan fingerprint density at radius 3 is 2.72 bits per heavy atom. The van der Waals surface area contributed by atoms with Gasteiger partial charge < -0.3 is 5.21 Å². The van der Waals surface area contributed by atoms with Gasteiger partial charge in [-0.2, -0.15) is 5.06 Å². The summed E-state index contributed by atoms with van der Waals surface area (Å²) in [5.41, 5.74) is 1.37. The Morgan fingerprint density at radius 1 is 1.11 bits per heavy atom. The topological polar surface area (TPSA) is 23.5 Å². The lowest BCUT2D eigenvalue weighted by atomic mass is 10.0. The summed E-state index contributed by atoms with van der Waals surface area (Å²) in [7, 11) is 0. The van der Waals surface area contributed by atoms with Gasteiger partial charge in [-0.15, -0.1) is 0 Å². The van der Waals surface area contributed by atoms with Crippen LogP contribution in [-0.2, 0) is 6.42 Å². The van der Waals surface area contributed by atoms with Crippen LogP contribution >= 0.6 is 0 Å². The number of hydrogen-bond acceptors (Lipinski definition) is 2. The third kappa shape index (κ3) is 2.40. The number of nitrogens with zero attached hydrogens (tertiary/aromatic N) is 1. The molecule has 0 aromatic heterocycles. The Morgan fingerprint density at radius 2 is 1.94 bits per heavy atom. The maximum atomic E-state index is 9.67. The molecule has 0 amide bonds. The predicted octanol–water partition coefficient (Wildman–Crippen LogP) is 3.63. The number of rotatable bonds is 3. The van der Waals surface area contributed by atoms with Crippen molar-refractivity contribution in [3.05, 3.63) is 48.0 Å². The number of fused-ring (bicyclic) bond motifs is 1. The maximum Gasteiger partial charge on any atom is 0.0353 e. The Kier molecular flexibility index (Phi) is 3.31. The van der Waals surface area contributed by atoms with Gasteiger partial charge >= 0.3 is 0 Å². The van der Waals surface area contributed by atoms with Gasteiger partial charge in [0, 0.05) is 12.6 Å². The summed E-state index contributed by atoms with van der Waals surface area (Å²) in [4.78, 5) is 0. The van der Waals surface area contributed by atoms with E-state index < -0.39 is 0 Å². The van der Waals surface area contributed by atoms with Gasteiger partial charge in [-0.3, -0.25) is 0 Å². The fourth-order valence-electron chi connectivity index (χ4n) is 2.84. The third-order valence-corrected chi connectivity index (χ3v) is 3.93. The zero-order chi connectivity index (χ0) is 12.4. The van der Waals surface area contributed by atoms with Crippen LogP contribution in [-0.4, -0.2) is 22.9 Å². The molecule has 1 unspecified atom stereocenters. The van der Waals surface area contributed by atoms with Gasteiger partial charge in [-0.25, -0.2) is 0 Å². The highest BCUT2D eigenvalue weighted by atomic mass is 16.5. The van der Waals surface area contributed by atoms with Crippen molar-refractivity contribution >= 4 is 10.8 Å². The van der Waals surface area contributed by atoms with Crippen molar-refractivity contribution < 1.29 is 5.21 Å². The van der Waals surface area contributed by atoms with Gasteiger partial charge in [0.15, 0.2) is 0 Å². The molecule has 0 spiro atoms. The first-order valence-electron chi connectivity index (χ1n) is 6.76. The molecule has 2 aromatic rings. The van der Waals surface area contributed by atoms with E-state index in [0.29, 0.717) is 6.04 Å². The van der Waals surface area contributed by atoms with E-state index in [1.165, 1.54) is 21.4 Å². The Balaban J connectivity index is 1.71. The van der Waals surface area contributed by atoms with E-state index in [2.05, 4.69) is 42.5 Å². The number of hydrogen-bond donors (Lipinski definition) is 1. The largest absolute Gasteiger partial charge is 0.314 e. The molecule has 1 aliphatic rings. The summed E-state index contributed by atoms with van der Waals surface area (Å²) in [6.07, 6.45) is 4.35. The molecule has 1 aliphatic heterocycles. The zero-order valence-corrected chi connectivity index (χ0v) is 10.5. The molecule has 0 aliphatic carbocycles. The second-order valence-corrected chi connectivity index (χ2v) is 5.18. The smallest absolute Gasteiger partial charge is 0.0353 e. The van der Waals surface area contributed by atoms with Crippen LogP contribution < -0.4 is 0 Å². The van der Waals surface area contributed by atoms with E-state index in [9.17, 15) is 5.21 Å². The fraction of sp³-hybridized carbons (Fsp3) is 0.375. The normalized spacial score (nSPS) is 20.6. The highest BCUT2D eigenvalue weighted by Gasteiger charge is 2.22. The minimum atomic E-state index is 0.358. The first-order chi connectivity index (χ1) is 8.83. The second kappa shape index (κ2) is 5.09. The van der Waals surface area contributed by atoms with Crippen molar-refractivity contribution in [1.29, 1.82) is 0 Å². The SMILES string of the molecule is ON1CCCC1CCc1ccc2ccccc2c1. The summed E-state index contributed by atoms with van der Waals surface area (Å²) in [6.45, 7) is 0.836. The maximum absolute atomic E-state index is 9.67. The van der Waals surface area contributed by atoms with Gasteiger partial charge in [0.1, 0.15) is 0 Å². The van der Waals surface area contributed by atoms with E-state index in [4.69, 9.17) is 0 Å². The zero-order valence-electron chi connectivity index (χ0n) is 10.5. The van der Waals surface area contributed by atoms with Crippen LogP contribution in [0.15, 0.2) is 42.5 Å². The van der Waals surface area contributed by atoms with E-state index in [1.807, 2.05) is 0 Å². The molecule has 2 nitrogen and oxygen atoms in total. The highest BCUT2D eigenvalue weighted by Crippen LogP contribution is 2.21. The van der Waals surface area contributed by atoms with Crippen LogP contribution in [0.4, 0.5) is 0 Å². The van der Waals surface area contributed by atoms with Gasteiger partial charge in [0.2, 0.25) is 0 Å². The Labute approximate surface area is 108 Å². The Bertz CT molecular complexity index is 537. The summed E-state index contributed by atoms with van der Waals surface area (Å²) in [5, 5.41) is 13.8. The van der Waals surface area contributed by atoms with Crippen LogP contribution in [0.3, 0.4) is 0 Å². The van der Waals surface area contributed by atoms with E-state index >= 15 is 0 Å². The number of benzene rings is 2. The Hall–Kier alpha value is -1.38. The minimum Gasteiger partial charge on any atom is -0.314 e. The molecule has 1 heterocycles.